The number of hydrogen-bond donors (Lipinski definition) is 1. The molecule has 0 saturated carbocycles. The minimum Gasteiger partial charge on any atom is -0.490 e. The van der Waals surface area contributed by atoms with Crippen molar-refractivity contribution in [2.24, 2.45) is 0 Å². The molecule has 8 nitrogen and oxygen atoms in total. The van der Waals surface area contributed by atoms with Crippen molar-refractivity contribution in [3.05, 3.63) is 72.3 Å². The molecule has 0 saturated heterocycles. The number of carbonyl (C=O) groups is 1. The van der Waals surface area contributed by atoms with Crippen molar-refractivity contribution < 1.29 is 31.1 Å². The van der Waals surface area contributed by atoms with E-state index >= 15 is 0 Å². The molecule has 2 aromatic carbocycles. The predicted octanol–water partition coefficient (Wildman–Crippen LogP) is 3.34. The average Bonchev–Trinajstić information content (AvgIpc) is 2.89. The molecule has 166 valence electrons. The summed E-state index contributed by atoms with van der Waals surface area (Å²) >= 11 is 0. The molecule has 0 aliphatic carbocycles. The number of sulfonamides is 1. The van der Waals surface area contributed by atoms with E-state index in [4.69, 9.17) is 4.74 Å². The first-order chi connectivity index (χ1) is 15.2. The van der Waals surface area contributed by atoms with Crippen LogP contribution in [-0.4, -0.2) is 37.4 Å². The lowest BCUT2D eigenvalue weighted by Crippen LogP contribution is -2.32. The molecule has 1 aliphatic rings. The maximum Gasteiger partial charge on any atom is 0.416 e. The van der Waals surface area contributed by atoms with Crippen LogP contribution in [0.5, 0.6) is 5.75 Å². The fraction of sp³-hybridized carbons (Fsp3) is 0.150. The second-order valence-corrected chi connectivity index (χ2v) is 8.51. The number of hydrogen-bond acceptors (Lipinski definition) is 6. The normalized spacial score (nSPS) is 15.3. The smallest absolute Gasteiger partial charge is 0.416 e. The monoisotopic (exact) mass is 464 g/mol. The highest BCUT2D eigenvalue weighted by atomic mass is 32.2. The van der Waals surface area contributed by atoms with Gasteiger partial charge in [-0.3, -0.25) is 9.10 Å². The zero-order chi connectivity index (χ0) is 22.9. The molecule has 0 bridgehead atoms. The molecule has 0 fully saturated rings. The lowest BCUT2D eigenvalue weighted by atomic mass is 10.2. The third-order valence-electron chi connectivity index (χ3n) is 4.62. The van der Waals surface area contributed by atoms with Gasteiger partial charge in [0.05, 0.1) is 17.8 Å². The van der Waals surface area contributed by atoms with Gasteiger partial charge in [0.15, 0.2) is 0 Å². The standard InChI is InChI=1S/C20H15F3N4O4S/c21-20(22,23)13-1-4-15(5-2-13)27-9-10-31-17-6-3-14(11-18(17)32(27,29)30)26-19(28)16-7-8-24-12-25-16/h1-8,11-12H,9-10H2,(H,26,28). The summed E-state index contributed by atoms with van der Waals surface area (Å²) in [4.78, 5) is 19.6. The van der Waals surface area contributed by atoms with Gasteiger partial charge >= 0.3 is 6.18 Å². The zero-order valence-corrected chi connectivity index (χ0v) is 17.0. The lowest BCUT2D eigenvalue weighted by Gasteiger charge is -2.22. The van der Waals surface area contributed by atoms with E-state index in [0.717, 1.165) is 28.6 Å². The Morgan fingerprint density at radius 3 is 2.50 bits per heavy atom. The first-order valence-corrected chi connectivity index (χ1v) is 10.6. The van der Waals surface area contributed by atoms with Gasteiger partial charge in [0.1, 0.15) is 29.3 Å². The number of halogens is 3. The zero-order valence-electron chi connectivity index (χ0n) is 16.2. The van der Waals surface area contributed by atoms with Crippen LogP contribution >= 0.6 is 0 Å². The van der Waals surface area contributed by atoms with Crippen LogP contribution in [0.1, 0.15) is 16.1 Å². The van der Waals surface area contributed by atoms with E-state index in [-0.39, 0.29) is 40.9 Å². The third-order valence-corrected chi connectivity index (χ3v) is 6.47. The molecule has 4 rings (SSSR count). The minimum atomic E-state index is -4.54. The molecule has 0 unspecified atom stereocenters. The SMILES string of the molecule is O=C(Nc1ccc2c(c1)S(=O)(=O)N(c1ccc(C(F)(F)F)cc1)CCO2)c1ccncn1. The molecule has 0 radical (unpaired) electrons. The highest BCUT2D eigenvalue weighted by Gasteiger charge is 2.33. The summed E-state index contributed by atoms with van der Waals surface area (Å²) in [5.41, 5.74) is -0.570. The van der Waals surface area contributed by atoms with Crippen LogP contribution in [0, 0.1) is 0 Å². The maximum atomic E-state index is 13.3. The van der Waals surface area contributed by atoms with Gasteiger partial charge in [-0.25, -0.2) is 18.4 Å². The molecule has 32 heavy (non-hydrogen) atoms. The molecule has 1 aromatic heterocycles. The Morgan fingerprint density at radius 1 is 1.09 bits per heavy atom. The number of anilines is 2. The summed E-state index contributed by atoms with van der Waals surface area (Å²) in [5.74, 6) is -0.502. The van der Waals surface area contributed by atoms with Gasteiger partial charge in [-0.2, -0.15) is 13.2 Å². The molecular weight excluding hydrogens is 449 g/mol. The molecule has 1 aliphatic heterocycles. The first kappa shape index (κ1) is 21.6. The van der Waals surface area contributed by atoms with Crippen LogP contribution in [0.15, 0.2) is 66.0 Å². The van der Waals surface area contributed by atoms with Crippen molar-refractivity contribution in [1.82, 2.24) is 9.97 Å². The topological polar surface area (TPSA) is 101 Å². The number of aromatic nitrogens is 2. The Kier molecular flexibility index (Phi) is 5.46. The molecule has 12 heteroatoms. The highest BCUT2D eigenvalue weighted by molar-refractivity contribution is 7.93. The van der Waals surface area contributed by atoms with E-state index in [2.05, 4.69) is 15.3 Å². The fourth-order valence-electron chi connectivity index (χ4n) is 3.09. The molecule has 1 amide bonds. The average molecular weight is 464 g/mol. The molecule has 1 N–H and O–H groups in total. The van der Waals surface area contributed by atoms with E-state index in [1.165, 1.54) is 36.8 Å². The first-order valence-electron chi connectivity index (χ1n) is 9.20. The number of carbonyl (C=O) groups excluding carboxylic acids is 1. The molecule has 0 atom stereocenters. The van der Waals surface area contributed by atoms with Gasteiger partial charge in [-0.15, -0.1) is 0 Å². The largest absolute Gasteiger partial charge is 0.490 e. The van der Waals surface area contributed by atoms with Crippen LogP contribution in [0.4, 0.5) is 24.5 Å². The van der Waals surface area contributed by atoms with Crippen molar-refractivity contribution in [1.29, 1.82) is 0 Å². The van der Waals surface area contributed by atoms with E-state index in [1.54, 1.807) is 0 Å². The number of amides is 1. The van der Waals surface area contributed by atoms with E-state index < -0.39 is 27.7 Å². The summed E-state index contributed by atoms with van der Waals surface area (Å²) in [7, 11) is -4.19. The number of rotatable bonds is 3. The number of alkyl halides is 3. The quantitative estimate of drug-likeness (QED) is 0.638. The van der Waals surface area contributed by atoms with E-state index in [9.17, 15) is 26.4 Å². The predicted molar refractivity (Wildman–Crippen MR) is 108 cm³/mol. The Labute approximate surface area is 180 Å². The van der Waals surface area contributed by atoms with Gasteiger partial charge in [0.2, 0.25) is 0 Å². The van der Waals surface area contributed by atoms with Gasteiger partial charge in [-0.1, -0.05) is 0 Å². The van der Waals surface area contributed by atoms with Crippen molar-refractivity contribution in [2.75, 3.05) is 22.8 Å². The van der Waals surface area contributed by atoms with E-state index in [0.29, 0.717) is 0 Å². The Morgan fingerprint density at radius 2 is 1.84 bits per heavy atom. The van der Waals surface area contributed by atoms with Crippen molar-refractivity contribution in [3.8, 4) is 5.75 Å². The number of nitrogens with zero attached hydrogens (tertiary/aromatic N) is 3. The Bertz CT molecular complexity index is 1250. The molecule has 3 aromatic rings. The second kappa shape index (κ2) is 8.11. The molecule has 2 heterocycles. The van der Waals surface area contributed by atoms with E-state index in [1.807, 2.05) is 0 Å². The Balaban J connectivity index is 1.66. The van der Waals surface area contributed by atoms with Crippen molar-refractivity contribution in [3.63, 3.8) is 0 Å². The van der Waals surface area contributed by atoms with Crippen LogP contribution < -0.4 is 14.4 Å². The van der Waals surface area contributed by atoms with Gasteiger partial charge in [0.25, 0.3) is 15.9 Å². The number of benzene rings is 2. The van der Waals surface area contributed by atoms with Crippen molar-refractivity contribution >= 4 is 27.3 Å². The van der Waals surface area contributed by atoms with Crippen LogP contribution in [-0.2, 0) is 16.2 Å². The van der Waals surface area contributed by atoms with Crippen molar-refractivity contribution in [2.45, 2.75) is 11.1 Å². The van der Waals surface area contributed by atoms with Crippen LogP contribution in [0.2, 0.25) is 0 Å². The number of nitrogens with one attached hydrogen (secondary N) is 1. The molecule has 0 spiro atoms. The summed E-state index contributed by atoms with van der Waals surface area (Å²) in [6.45, 7) is -0.120. The van der Waals surface area contributed by atoms with Gasteiger partial charge in [0, 0.05) is 11.9 Å². The number of fused-ring (bicyclic) bond motifs is 1. The summed E-state index contributed by atoms with van der Waals surface area (Å²) in [6, 6.07) is 9.31. The van der Waals surface area contributed by atoms with Gasteiger partial charge in [-0.05, 0) is 48.5 Å². The van der Waals surface area contributed by atoms with Gasteiger partial charge < -0.3 is 10.1 Å². The lowest BCUT2D eigenvalue weighted by molar-refractivity contribution is -0.137. The van der Waals surface area contributed by atoms with Crippen LogP contribution in [0.25, 0.3) is 0 Å². The third kappa shape index (κ3) is 4.21. The second-order valence-electron chi connectivity index (χ2n) is 6.68. The highest BCUT2D eigenvalue weighted by Crippen LogP contribution is 2.36. The maximum absolute atomic E-state index is 13.3. The summed E-state index contributed by atoms with van der Waals surface area (Å²) < 4.78 is 71.7. The number of ether oxygens (including phenoxy) is 1. The summed E-state index contributed by atoms with van der Waals surface area (Å²) in [6.07, 6.45) is -1.95. The fourth-order valence-corrected chi connectivity index (χ4v) is 4.70. The molecular formula is C20H15F3N4O4S. The minimum absolute atomic E-state index is 0.0140. The Hall–Kier alpha value is -3.67. The summed E-state index contributed by atoms with van der Waals surface area (Å²) in [5, 5.41) is 2.55. The van der Waals surface area contributed by atoms with Crippen LogP contribution in [0.3, 0.4) is 0 Å².